The van der Waals surface area contributed by atoms with E-state index >= 15 is 0 Å². The topological polar surface area (TPSA) is 67.3 Å². The summed E-state index contributed by atoms with van der Waals surface area (Å²) in [6.45, 7) is 1.33. The maximum absolute atomic E-state index is 13.8. The van der Waals surface area contributed by atoms with Gasteiger partial charge in [-0.2, -0.15) is 0 Å². The molecule has 10 heteroatoms. The molecule has 1 aromatic heterocycles. The second-order valence-corrected chi connectivity index (χ2v) is 7.64. The molecule has 1 aromatic carbocycles. The predicted molar refractivity (Wildman–Crippen MR) is 98.9 cm³/mol. The molecular weight excluding hydrogens is 387 g/mol. The lowest BCUT2D eigenvalue weighted by Crippen LogP contribution is -2.28. The highest BCUT2D eigenvalue weighted by Crippen LogP contribution is 2.26. The fourth-order valence-corrected chi connectivity index (χ4v) is 3.78. The van der Waals surface area contributed by atoms with Crippen LogP contribution in [0.5, 0.6) is 0 Å². The van der Waals surface area contributed by atoms with Gasteiger partial charge >= 0.3 is 0 Å². The fourth-order valence-electron chi connectivity index (χ4n) is 1.84. The van der Waals surface area contributed by atoms with E-state index in [2.05, 4.69) is 15.5 Å². The molecule has 6 nitrogen and oxygen atoms in total. The van der Waals surface area contributed by atoms with E-state index in [0.717, 1.165) is 0 Å². The number of halogens is 2. The van der Waals surface area contributed by atoms with Crippen molar-refractivity contribution < 1.29 is 13.9 Å². The van der Waals surface area contributed by atoms with Gasteiger partial charge in [-0.3, -0.25) is 4.79 Å². The van der Waals surface area contributed by atoms with Crippen molar-refractivity contribution >= 4 is 45.7 Å². The lowest BCUT2D eigenvalue weighted by molar-refractivity contribution is -0.127. The van der Waals surface area contributed by atoms with Crippen molar-refractivity contribution in [2.45, 2.75) is 10.9 Å². The highest BCUT2D eigenvalue weighted by Gasteiger charge is 2.15. The Morgan fingerprint density at radius 1 is 1.48 bits per heavy atom. The molecule has 1 amide bonds. The van der Waals surface area contributed by atoms with Gasteiger partial charge in [0.25, 0.3) is 0 Å². The predicted octanol–water partition coefficient (Wildman–Crippen LogP) is 3.14. The minimum atomic E-state index is -0.421. The maximum atomic E-state index is 13.8. The van der Waals surface area contributed by atoms with Crippen LogP contribution >= 0.6 is 34.7 Å². The summed E-state index contributed by atoms with van der Waals surface area (Å²) in [7, 11) is 3.24. The second kappa shape index (κ2) is 9.91. The van der Waals surface area contributed by atoms with E-state index in [-0.39, 0.29) is 18.2 Å². The van der Waals surface area contributed by atoms with E-state index in [1.54, 1.807) is 20.2 Å². The van der Waals surface area contributed by atoms with Gasteiger partial charge in [0.15, 0.2) is 4.34 Å². The monoisotopic (exact) mass is 404 g/mol. The average Bonchev–Trinajstić information content (AvgIpc) is 3.04. The average molecular weight is 405 g/mol. The zero-order valence-corrected chi connectivity index (χ0v) is 16.2. The first-order valence-electron chi connectivity index (χ1n) is 7.37. The summed E-state index contributed by atoms with van der Waals surface area (Å²) in [5.74, 6) is -0.376. The molecule has 1 heterocycles. The summed E-state index contributed by atoms with van der Waals surface area (Å²) in [5, 5.41) is 12.1. The number of hydrogen-bond donors (Lipinski definition) is 1. The largest absolute Gasteiger partial charge is 0.383 e. The standard InChI is InChI=1S/C15H18ClFN4O2S2/c1-21(8-10-11(16)4-3-5-12(10)17)13(22)9-24-15-20-19-14(25-15)18-6-7-23-2/h3-5H,6-9H2,1-2H3,(H,18,19). The molecule has 0 aliphatic heterocycles. The zero-order chi connectivity index (χ0) is 18.2. The molecule has 0 radical (unpaired) electrons. The molecule has 136 valence electrons. The maximum Gasteiger partial charge on any atom is 0.233 e. The second-order valence-electron chi connectivity index (χ2n) is 5.03. The first-order valence-corrected chi connectivity index (χ1v) is 9.55. The van der Waals surface area contributed by atoms with Gasteiger partial charge in [-0.05, 0) is 12.1 Å². The quantitative estimate of drug-likeness (QED) is 0.511. The van der Waals surface area contributed by atoms with Crippen molar-refractivity contribution in [1.82, 2.24) is 15.1 Å². The van der Waals surface area contributed by atoms with Crippen LogP contribution in [0.4, 0.5) is 9.52 Å². The van der Waals surface area contributed by atoms with Gasteiger partial charge in [0, 0.05) is 37.8 Å². The number of nitrogens with one attached hydrogen (secondary N) is 1. The Bertz CT molecular complexity index is 696. The van der Waals surface area contributed by atoms with Gasteiger partial charge in [0.2, 0.25) is 11.0 Å². The lowest BCUT2D eigenvalue weighted by Gasteiger charge is -2.18. The van der Waals surface area contributed by atoms with Crippen molar-refractivity contribution in [3.05, 3.63) is 34.6 Å². The number of carbonyl (C=O) groups excluding carboxylic acids is 1. The van der Waals surface area contributed by atoms with Crippen LogP contribution < -0.4 is 5.32 Å². The van der Waals surface area contributed by atoms with Gasteiger partial charge < -0.3 is 15.0 Å². The molecule has 0 saturated carbocycles. The van der Waals surface area contributed by atoms with E-state index in [9.17, 15) is 9.18 Å². The summed E-state index contributed by atoms with van der Waals surface area (Å²) in [5.41, 5.74) is 0.311. The minimum Gasteiger partial charge on any atom is -0.383 e. The smallest absolute Gasteiger partial charge is 0.233 e. The number of amides is 1. The van der Waals surface area contributed by atoms with Crippen LogP contribution in [0.3, 0.4) is 0 Å². The Kier molecular flexibility index (Phi) is 7.89. The SMILES string of the molecule is COCCNc1nnc(SCC(=O)N(C)Cc2c(F)cccc2Cl)s1. The number of rotatable bonds is 9. The number of aromatic nitrogens is 2. The van der Waals surface area contributed by atoms with Gasteiger partial charge in [-0.25, -0.2) is 4.39 Å². The molecule has 0 saturated heterocycles. The molecule has 0 aliphatic rings. The summed E-state index contributed by atoms with van der Waals surface area (Å²) in [4.78, 5) is 13.7. The number of methoxy groups -OCH3 is 1. The van der Waals surface area contributed by atoms with E-state index < -0.39 is 5.82 Å². The highest BCUT2D eigenvalue weighted by molar-refractivity contribution is 8.01. The minimum absolute atomic E-state index is 0.116. The van der Waals surface area contributed by atoms with Crippen molar-refractivity contribution in [1.29, 1.82) is 0 Å². The normalized spacial score (nSPS) is 10.7. The molecule has 0 fully saturated rings. The molecule has 0 spiro atoms. The van der Waals surface area contributed by atoms with E-state index in [4.69, 9.17) is 16.3 Å². The van der Waals surface area contributed by atoms with Gasteiger partial charge in [-0.15, -0.1) is 10.2 Å². The number of ether oxygens (including phenoxy) is 1. The zero-order valence-electron chi connectivity index (χ0n) is 13.8. The van der Waals surface area contributed by atoms with Crippen LogP contribution in [0.25, 0.3) is 0 Å². The fraction of sp³-hybridized carbons (Fsp3) is 0.400. The molecule has 0 aliphatic carbocycles. The number of hydrogen-bond acceptors (Lipinski definition) is 7. The number of benzene rings is 1. The third-order valence-corrected chi connectivity index (χ3v) is 5.54. The Balaban J connectivity index is 1.83. The number of nitrogens with zero attached hydrogens (tertiary/aromatic N) is 3. The highest BCUT2D eigenvalue weighted by atomic mass is 35.5. The summed E-state index contributed by atoms with van der Waals surface area (Å²) in [6.07, 6.45) is 0. The number of carbonyl (C=O) groups is 1. The molecule has 0 unspecified atom stereocenters. The summed E-state index contributed by atoms with van der Waals surface area (Å²) in [6, 6.07) is 4.46. The van der Waals surface area contributed by atoms with E-state index in [0.29, 0.717) is 33.2 Å². The van der Waals surface area contributed by atoms with Crippen LogP contribution in [0.2, 0.25) is 5.02 Å². The van der Waals surface area contributed by atoms with Crippen molar-refractivity contribution in [3.63, 3.8) is 0 Å². The van der Waals surface area contributed by atoms with Gasteiger partial charge in [-0.1, -0.05) is 40.8 Å². The van der Waals surface area contributed by atoms with Crippen LogP contribution in [0.15, 0.2) is 22.5 Å². The number of thioether (sulfide) groups is 1. The molecule has 0 atom stereocenters. The van der Waals surface area contributed by atoms with Gasteiger partial charge in [0.05, 0.1) is 12.4 Å². The van der Waals surface area contributed by atoms with E-state index in [1.165, 1.54) is 40.1 Å². The molecule has 1 N–H and O–H groups in total. The first-order chi connectivity index (χ1) is 12.0. The third-order valence-electron chi connectivity index (χ3n) is 3.19. The summed E-state index contributed by atoms with van der Waals surface area (Å²) >= 11 is 8.65. The van der Waals surface area contributed by atoms with Crippen LogP contribution in [-0.2, 0) is 16.1 Å². The Morgan fingerprint density at radius 2 is 2.28 bits per heavy atom. The van der Waals surface area contributed by atoms with Crippen molar-refractivity contribution in [2.75, 3.05) is 38.4 Å². The van der Waals surface area contributed by atoms with Crippen LogP contribution in [0, 0.1) is 5.82 Å². The van der Waals surface area contributed by atoms with Crippen molar-refractivity contribution in [2.24, 2.45) is 0 Å². The molecule has 25 heavy (non-hydrogen) atoms. The molecule has 0 bridgehead atoms. The van der Waals surface area contributed by atoms with Crippen molar-refractivity contribution in [3.8, 4) is 0 Å². The van der Waals surface area contributed by atoms with Crippen LogP contribution in [-0.4, -0.2) is 54.1 Å². The van der Waals surface area contributed by atoms with E-state index in [1.807, 2.05) is 0 Å². The summed E-state index contributed by atoms with van der Waals surface area (Å²) < 4.78 is 19.4. The Labute approximate surface area is 158 Å². The number of anilines is 1. The Hall–Kier alpha value is -1.42. The first kappa shape index (κ1) is 19.9. The Morgan fingerprint density at radius 3 is 3.00 bits per heavy atom. The third kappa shape index (κ3) is 6.10. The lowest BCUT2D eigenvalue weighted by atomic mass is 10.2. The van der Waals surface area contributed by atoms with Crippen LogP contribution in [0.1, 0.15) is 5.56 Å². The van der Waals surface area contributed by atoms with Gasteiger partial charge in [0.1, 0.15) is 5.82 Å². The molecular formula is C15H18ClFN4O2S2. The molecule has 2 rings (SSSR count). The molecule has 2 aromatic rings.